The highest BCUT2D eigenvalue weighted by atomic mass is 31.2. The molecule has 2 rings (SSSR count). The van der Waals surface area contributed by atoms with Crippen LogP contribution in [0.4, 0.5) is 0 Å². The summed E-state index contributed by atoms with van der Waals surface area (Å²) < 4.78 is 44.8. The van der Waals surface area contributed by atoms with Gasteiger partial charge in [0.25, 0.3) is 0 Å². The summed E-state index contributed by atoms with van der Waals surface area (Å²) in [5.41, 5.74) is 8.01. The molecule has 57 heavy (non-hydrogen) atoms. The minimum absolute atomic E-state index is 0.0438. The molecule has 11 nitrogen and oxygen atoms in total. The summed E-state index contributed by atoms with van der Waals surface area (Å²) in [4.78, 5) is 35.0. The van der Waals surface area contributed by atoms with E-state index in [-0.39, 0.29) is 32.6 Å². The van der Waals surface area contributed by atoms with E-state index in [1.54, 1.807) is 0 Å². The fourth-order valence-electron chi connectivity index (χ4n) is 7.00. The maximum Gasteiger partial charge on any atom is 0.472 e. The minimum atomic E-state index is -4.40. The maximum atomic E-state index is 12.6. The molecule has 0 bridgehead atoms. The summed E-state index contributed by atoms with van der Waals surface area (Å²) in [5, 5.41) is 0. The molecule has 2 heterocycles. The summed E-state index contributed by atoms with van der Waals surface area (Å²) in [6.07, 6.45) is 30.9. The van der Waals surface area contributed by atoms with Gasteiger partial charge in [-0.25, -0.2) is 4.57 Å². The van der Waals surface area contributed by atoms with Gasteiger partial charge in [0.15, 0.2) is 6.10 Å². The number of carbonyl (C=O) groups is 2. The Morgan fingerprint density at radius 1 is 0.719 bits per heavy atom. The fraction of sp³-hybridized carbons (Fsp3) is 0.822. The largest absolute Gasteiger partial charge is 0.472 e. The standard InChI is InChI=1S/C45H80NO10P/c1-5-7-21-27-40-37(3)38(4)41(55-40)28-23-17-13-9-11-15-19-25-31-44(47)51-35-39(36-53-57(49,50)52-34-33-46)54-45(48)32-26-20-16-12-10-14-18-24-30-43-42(56-43)29-22-8-6-2/h18,24,39,42-43H,5-17,19-23,25-36,46H2,1-4H3,(H,49,50)/b24-18-/t39-,42?,43?/m1/s1. The van der Waals surface area contributed by atoms with Crippen molar-refractivity contribution in [3.63, 3.8) is 0 Å². The van der Waals surface area contributed by atoms with E-state index in [2.05, 4.69) is 39.8 Å². The van der Waals surface area contributed by atoms with Crippen LogP contribution in [0.5, 0.6) is 0 Å². The quantitative estimate of drug-likeness (QED) is 0.0215. The molecule has 12 heteroatoms. The van der Waals surface area contributed by atoms with Crippen LogP contribution >= 0.6 is 7.82 Å². The first-order chi connectivity index (χ1) is 27.6. The van der Waals surface area contributed by atoms with Crippen molar-refractivity contribution in [2.45, 2.75) is 213 Å². The molecule has 4 atom stereocenters. The molecule has 0 amide bonds. The summed E-state index contributed by atoms with van der Waals surface area (Å²) in [7, 11) is -4.40. The van der Waals surface area contributed by atoms with Crippen molar-refractivity contribution >= 4 is 19.8 Å². The van der Waals surface area contributed by atoms with Gasteiger partial charge in [0.2, 0.25) is 0 Å². The molecular weight excluding hydrogens is 745 g/mol. The maximum absolute atomic E-state index is 12.6. The Labute approximate surface area is 345 Å². The van der Waals surface area contributed by atoms with Crippen LogP contribution in [0.1, 0.15) is 191 Å². The van der Waals surface area contributed by atoms with Crippen LogP contribution in [0.15, 0.2) is 16.6 Å². The second-order valence-corrected chi connectivity index (χ2v) is 17.3. The van der Waals surface area contributed by atoms with Gasteiger partial charge in [-0.15, -0.1) is 0 Å². The number of phosphoric ester groups is 1. The highest BCUT2D eigenvalue weighted by Crippen LogP contribution is 2.43. The van der Waals surface area contributed by atoms with Gasteiger partial charge >= 0.3 is 19.8 Å². The number of allylic oxidation sites excluding steroid dienone is 1. The molecular formula is C45H80NO10P. The van der Waals surface area contributed by atoms with Gasteiger partial charge in [0.1, 0.15) is 18.1 Å². The van der Waals surface area contributed by atoms with E-state index in [9.17, 15) is 19.0 Å². The van der Waals surface area contributed by atoms with Crippen LogP contribution in [0.25, 0.3) is 0 Å². The van der Waals surface area contributed by atoms with Crippen LogP contribution in [-0.4, -0.2) is 61.5 Å². The molecule has 3 N–H and O–H groups in total. The van der Waals surface area contributed by atoms with Crippen molar-refractivity contribution in [3.8, 4) is 0 Å². The Kier molecular flexibility index (Phi) is 28.6. The van der Waals surface area contributed by atoms with Gasteiger partial charge in [-0.2, -0.15) is 0 Å². The number of hydrogen-bond acceptors (Lipinski definition) is 10. The van der Waals surface area contributed by atoms with Gasteiger partial charge in [0.05, 0.1) is 25.4 Å². The Hall–Kier alpha value is -2.01. The summed E-state index contributed by atoms with van der Waals surface area (Å²) in [6.45, 7) is 7.99. The monoisotopic (exact) mass is 826 g/mol. The van der Waals surface area contributed by atoms with Crippen LogP contribution in [0, 0.1) is 13.8 Å². The van der Waals surface area contributed by atoms with Crippen molar-refractivity contribution in [1.82, 2.24) is 0 Å². The van der Waals surface area contributed by atoms with Gasteiger partial charge < -0.3 is 29.3 Å². The molecule has 0 spiro atoms. The number of nitrogens with two attached hydrogens (primary N) is 1. The van der Waals surface area contributed by atoms with E-state index < -0.39 is 32.5 Å². The van der Waals surface area contributed by atoms with E-state index in [1.807, 2.05) is 0 Å². The Bertz CT molecular complexity index is 1280. The Morgan fingerprint density at radius 2 is 1.28 bits per heavy atom. The molecule has 330 valence electrons. The highest BCUT2D eigenvalue weighted by Gasteiger charge is 2.36. The zero-order valence-corrected chi connectivity index (χ0v) is 37.1. The molecule has 1 aliphatic rings. The second-order valence-electron chi connectivity index (χ2n) is 15.9. The first-order valence-electron chi connectivity index (χ1n) is 22.6. The number of carbonyl (C=O) groups excluding carboxylic acids is 2. The topological polar surface area (TPSA) is 160 Å². The van der Waals surface area contributed by atoms with Crippen molar-refractivity contribution < 1.29 is 46.7 Å². The van der Waals surface area contributed by atoms with E-state index in [0.717, 1.165) is 82.8 Å². The summed E-state index contributed by atoms with van der Waals surface area (Å²) >= 11 is 0. The summed E-state index contributed by atoms with van der Waals surface area (Å²) in [5.74, 6) is 1.47. The summed E-state index contributed by atoms with van der Waals surface area (Å²) in [6, 6.07) is 0. The van der Waals surface area contributed by atoms with E-state index in [4.69, 9.17) is 33.4 Å². The van der Waals surface area contributed by atoms with Crippen molar-refractivity contribution in [2.24, 2.45) is 5.73 Å². The third-order valence-corrected chi connectivity index (χ3v) is 11.8. The predicted molar refractivity (Wildman–Crippen MR) is 227 cm³/mol. The number of ether oxygens (including phenoxy) is 3. The van der Waals surface area contributed by atoms with Crippen molar-refractivity contribution in [3.05, 3.63) is 34.8 Å². The zero-order valence-electron chi connectivity index (χ0n) is 36.2. The number of unbranched alkanes of at least 4 members (excludes halogenated alkanes) is 16. The lowest BCUT2D eigenvalue weighted by Gasteiger charge is -2.19. The number of furan rings is 1. The second kappa shape index (κ2) is 31.9. The Morgan fingerprint density at radius 3 is 1.91 bits per heavy atom. The fourth-order valence-corrected chi connectivity index (χ4v) is 7.76. The van der Waals surface area contributed by atoms with Crippen LogP contribution in [0.3, 0.4) is 0 Å². The number of phosphoric acid groups is 1. The number of hydrogen-bond donors (Lipinski definition) is 2. The molecule has 1 aliphatic heterocycles. The molecule has 0 aromatic carbocycles. The van der Waals surface area contributed by atoms with Crippen LogP contribution in [0.2, 0.25) is 0 Å². The van der Waals surface area contributed by atoms with E-state index in [0.29, 0.717) is 25.0 Å². The third-order valence-electron chi connectivity index (χ3n) is 10.8. The molecule has 3 unspecified atom stereocenters. The van der Waals surface area contributed by atoms with Gasteiger partial charge in [-0.1, -0.05) is 116 Å². The molecule has 0 radical (unpaired) electrons. The van der Waals surface area contributed by atoms with Crippen molar-refractivity contribution in [2.75, 3.05) is 26.4 Å². The minimum Gasteiger partial charge on any atom is -0.466 e. The average Bonchev–Trinajstić information content (AvgIpc) is 3.89. The van der Waals surface area contributed by atoms with E-state index in [1.165, 1.54) is 81.1 Å². The Balaban J connectivity index is 1.56. The van der Waals surface area contributed by atoms with E-state index >= 15 is 0 Å². The molecule has 1 aromatic heterocycles. The first kappa shape index (κ1) is 51.1. The molecule has 0 aliphatic carbocycles. The van der Waals surface area contributed by atoms with Gasteiger partial charge in [0, 0.05) is 32.2 Å². The van der Waals surface area contributed by atoms with Crippen LogP contribution < -0.4 is 5.73 Å². The molecule has 1 saturated heterocycles. The lowest BCUT2D eigenvalue weighted by Crippen LogP contribution is -2.29. The first-order valence-corrected chi connectivity index (χ1v) is 24.1. The SMILES string of the molecule is CCCCCc1oc(CCCCCCCCCCC(=O)OC[C@H](COP(=O)(O)OCCN)OC(=O)CCCCCCC/C=C\CC2OC2CCCCC)c(C)c1C. The molecule has 1 fully saturated rings. The smallest absolute Gasteiger partial charge is 0.466 e. The van der Waals surface area contributed by atoms with Gasteiger partial charge in [-0.3, -0.25) is 18.6 Å². The lowest BCUT2D eigenvalue weighted by molar-refractivity contribution is -0.161. The van der Waals surface area contributed by atoms with Crippen molar-refractivity contribution in [1.29, 1.82) is 0 Å². The number of rotatable bonds is 38. The highest BCUT2D eigenvalue weighted by molar-refractivity contribution is 7.47. The zero-order chi connectivity index (χ0) is 41.6. The molecule has 1 aromatic rings. The van der Waals surface area contributed by atoms with Gasteiger partial charge in [-0.05, 0) is 76.3 Å². The number of epoxide rings is 1. The third kappa shape index (κ3) is 25.3. The lowest BCUT2D eigenvalue weighted by atomic mass is 10.0. The average molecular weight is 826 g/mol. The molecule has 0 saturated carbocycles. The van der Waals surface area contributed by atoms with Crippen LogP contribution in [-0.2, 0) is 50.3 Å². The predicted octanol–water partition coefficient (Wildman–Crippen LogP) is 11.3. The number of aryl methyl sites for hydroxylation is 2. The normalized spacial score (nSPS) is 16.9. The number of esters is 2.